The van der Waals surface area contributed by atoms with E-state index < -0.39 is 0 Å². The molecule has 0 saturated carbocycles. The Labute approximate surface area is 209 Å². The second-order valence-corrected chi connectivity index (χ2v) is 10.7. The predicted octanol–water partition coefficient (Wildman–Crippen LogP) is 9.66. The van der Waals surface area contributed by atoms with Crippen molar-refractivity contribution in [2.24, 2.45) is 0 Å². The molecule has 0 unspecified atom stereocenters. The summed E-state index contributed by atoms with van der Waals surface area (Å²) < 4.78 is 18.7. The second-order valence-electron chi connectivity index (χ2n) is 10.7. The van der Waals surface area contributed by atoms with Crippen LogP contribution >= 0.6 is 0 Å². The minimum Gasteiger partial charge on any atom is -0.453 e. The Bertz CT molecular complexity index is 1160. The lowest BCUT2D eigenvalue weighted by Gasteiger charge is -2.20. The molecule has 4 aromatic rings. The fourth-order valence-electron chi connectivity index (χ4n) is 3.66. The van der Waals surface area contributed by atoms with Crippen molar-refractivity contribution >= 4 is 0 Å². The number of hydrogen-bond donors (Lipinski definition) is 0. The number of rotatable bonds is 6. The molecule has 0 heterocycles. The zero-order valence-electron chi connectivity index (χ0n) is 21.5. The Hall–Kier alpha value is -3.72. The molecular weight excluding hydrogens is 432 g/mol. The lowest BCUT2D eigenvalue weighted by molar-refractivity contribution is 0.394. The van der Waals surface area contributed by atoms with Gasteiger partial charge in [0.15, 0.2) is 23.0 Å². The van der Waals surface area contributed by atoms with Gasteiger partial charge in [-0.1, -0.05) is 90.1 Å². The Kier molecular flexibility index (Phi) is 6.88. The van der Waals surface area contributed by atoms with Gasteiger partial charge in [0.1, 0.15) is 11.5 Å². The summed E-state index contributed by atoms with van der Waals surface area (Å²) >= 11 is 0. The Morgan fingerprint density at radius 1 is 0.371 bits per heavy atom. The fourth-order valence-corrected chi connectivity index (χ4v) is 3.66. The van der Waals surface area contributed by atoms with Gasteiger partial charge < -0.3 is 14.2 Å². The van der Waals surface area contributed by atoms with E-state index in [1.165, 1.54) is 11.1 Å². The quantitative estimate of drug-likeness (QED) is 0.283. The standard InChI is InChI=1S/C32H34O3/c1-31(2,3)23-15-19-25(20-16-23)33-27-11-7-9-13-29(27)35-30-14-10-8-12-28(30)34-26-21-17-24(18-22-26)32(4,5)6/h7-22H,1-6H3. The summed E-state index contributed by atoms with van der Waals surface area (Å²) in [6.45, 7) is 13.2. The van der Waals surface area contributed by atoms with Crippen LogP contribution in [0.4, 0.5) is 0 Å². The molecule has 4 aromatic carbocycles. The molecule has 180 valence electrons. The topological polar surface area (TPSA) is 27.7 Å². The Morgan fingerprint density at radius 2 is 0.657 bits per heavy atom. The van der Waals surface area contributed by atoms with Gasteiger partial charge in [-0.05, 0) is 70.5 Å². The highest BCUT2D eigenvalue weighted by molar-refractivity contribution is 5.50. The molecule has 3 nitrogen and oxygen atoms in total. The lowest BCUT2D eigenvalue weighted by atomic mass is 9.87. The molecule has 0 aromatic heterocycles. The highest BCUT2D eigenvalue weighted by atomic mass is 16.5. The van der Waals surface area contributed by atoms with Crippen molar-refractivity contribution in [1.82, 2.24) is 0 Å². The van der Waals surface area contributed by atoms with Gasteiger partial charge in [-0.25, -0.2) is 0 Å². The summed E-state index contributed by atoms with van der Waals surface area (Å²) in [5, 5.41) is 0. The normalized spacial score (nSPS) is 11.7. The molecule has 0 aliphatic heterocycles. The third-order valence-electron chi connectivity index (χ3n) is 5.81. The van der Waals surface area contributed by atoms with Crippen molar-refractivity contribution in [2.45, 2.75) is 52.4 Å². The van der Waals surface area contributed by atoms with Gasteiger partial charge in [0.2, 0.25) is 0 Å². The minimum atomic E-state index is 0.0936. The van der Waals surface area contributed by atoms with Crippen LogP contribution < -0.4 is 14.2 Å². The van der Waals surface area contributed by atoms with Gasteiger partial charge in [-0.2, -0.15) is 0 Å². The summed E-state index contributed by atoms with van der Waals surface area (Å²) in [6, 6.07) is 31.7. The number of para-hydroxylation sites is 4. The monoisotopic (exact) mass is 466 g/mol. The van der Waals surface area contributed by atoms with E-state index in [9.17, 15) is 0 Å². The van der Waals surface area contributed by atoms with Crippen molar-refractivity contribution < 1.29 is 14.2 Å². The smallest absolute Gasteiger partial charge is 0.170 e. The molecule has 0 amide bonds. The molecule has 0 saturated heterocycles. The van der Waals surface area contributed by atoms with Gasteiger partial charge >= 0.3 is 0 Å². The number of hydrogen-bond acceptors (Lipinski definition) is 3. The van der Waals surface area contributed by atoms with E-state index >= 15 is 0 Å². The molecular formula is C32H34O3. The van der Waals surface area contributed by atoms with Crippen molar-refractivity contribution in [2.75, 3.05) is 0 Å². The highest BCUT2D eigenvalue weighted by Crippen LogP contribution is 2.40. The SMILES string of the molecule is CC(C)(C)c1ccc(Oc2ccccc2Oc2ccccc2Oc2ccc(C(C)(C)C)cc2)cc1. The van der Waals surface area contributed by atoms with E-state index in [-0.39, 0.29) is 10.8 Å². The third kappa shape index (κ3) is 6.24. The van der Waals surface area contributed by atoms with Crippen molar-refractivity contribution in [3.05, 3.63) is 108 Å². The zero-order valence-corrected chi connectivity index (χ0v) is 21.5. The van der Waals surface area contributed by atoms with Crippen LogP contribution in [0.1, 0.15) is 52.7 Å². The number of ether oxygens (including phenoxy) is 3. The molecule has 3 heteroatoms. The van der Waals surface area contributed by atoms with Crippen molar-refractivity contribution in [3.63, 3.8) is 0 Å². The molecule has 0 radical (unpaired) electrons. The summed E-state index contributed by atoms with van der Waals surface area (Å²) in [6.07, 6.45) is 0. The fraction of sp³-hybridized carbons (Fsp3) is 0.250. The first-order valence-electron chi connectivity index (χ1n) is 12.0. The molecule has 4 rings (SSSR count). The predicted molar refractivity (Wildman–Crippen MR) is 143 cm³/mol. The van der Waals surface area contributed by atoms with Gasteiger partial charge in [0, 0.05) is 0 Å². The highest BCUT2D eigenvalue weighted by Gasteiger charge is 2.16. The van der Waals surface area contributed by atoms with Crippen molar-refractivity contribution in [1.29, 1.82) is 0 Å². The maximum atomic E-state index is 6.29. The Morgan fingerprint density at radius 3 is 0.943 bits per heavy atom. The van der Waals surface area contributed by atoms with Crippen LogP contribution in [-0.4, -0.2) is 0 Å². The second kappa shape index (κ2) is 9.87. The zero-order chi connectivity index (χ0) is 25.1. The molecule has 0 fully saturated rings. The van der Waals surface area contributed by atoms with E-state index in [4.69, 9.17) is 14.2 Å². The van der Waals surface area contributed by atoms with Crippen LogP contribution in [0, 0.1) is 0 Å². The molecule has 0 spiro atoms. The first-order valence-corrected chi connectivity index (χ1v) is 12.0. The maximum absolute atomic E-state index is 6.29. The van der Waals surface area contributed by atoms with Gasteiger partial charge in [-0.15, -0.1) is 0 Å². The average molecular weight is 467 g/mol. The first-order chi connectivity index (χ1) is 16.6. The van der Waals surface area contributed by atoms with Gasteiger partial charge in [0.05, 0.1) is 0 Å². The summed E-state index contributed by atoms with van der Waals surface area (Å²) in [5.41, 5.74) is 2.71. The van der Waals surface area contributed by atoms with E-state index in [1.807, 2.05) is 72.8 Å². The molecule has 0 N–H and O–H groups in total. The van der Waals surface area contributed by atoms with Gasteiger partial charge in [-0.3, -0.25) is 0 Å². The van der Waals surface area contributed by atoms with Crippen LogP contribution in [0.3, 0.4) is 0 Å². The van der Waals surface area contributed by atoms with E-state index in [0.29, 0.717) is 23.0 Å². The van der Waals surface area contributed by atoms with E-state index in [2.05, 4.69) is 65.8 Å². The Balaban J connectivity index is 1.54. The van der Waals surface area contributed by atoms with Crippen LogP contribution in [0.5, 0.6) is 34.5 Å². The average Bonchev–Trinajstić information content (AvgIpc) is 2.81. The van der Waals surface area contributed by atoms with Gasteiger partial charge in [0.25, 0.3) is 0 Å². The van der Waals surface area contributed by atoms with Crippen LogP contribution in [0.15, 0.2) is 97.1 Å². The minimum absolute atomic E-state index is 0.0936. The molecule has 0 aliphatic rings. The van der Waals surface area contributed by atoms with Crippen LogP contribution in [0.2, 0.25) is 0 Å². The number of benzene rings is 4. The third-order valence-corrected chi connectivity index (χ3v) is 5.81. The van der Waals surface area contributed by atoms with Crippen molar-refractivity contribution in [3.8, 4) is 34.5 Å². The summed E-state index contributed by atoms with van der Waals surface area (Å²) in [7, 11) is 0. The molecule has 0 atom stereocenters. The summed E-state index contributed by atoms with van der Waals surface area (Å²) in [4.78, 5) is 0. The first kappa shape index (κ1) is 24.4. The van der Waals surface area contributed by atoms with E-state index in [0.717, 1.165) is 11.5 Å². The van der Waals surface area contributed by atoms with Crippen LogP contribution in [0.25, 0.3) is 0 Å². The molecule has 35 heavy (non-hydrogen) atoms. The molecule has 0 bridgehead atoms. The molecule has 0 aliphatic carbocycles. The lowest BCUT2D eigenvalue weighted by Crippen LogP contribution is -2.10. The maximum Gasteiger partial charge on any atom is 0.170 e. The largest absolute Gasteiger partial charge is 0.453 e. The van der Waals surface area contributed by atoms with E-state index in [1.54, 1.807) is 0 Å². The summed E-state index contributed by atoms with van der Waals surface area (Å²) in [5.74, 6) is 4.04. The van der Waals surface area contributed by atoms with Crippen LogP contribution in [-0.2, 0) is 10.8 Å².